The Kier molecular flexibility index (Phi) is 10.7. The van der Waals surface area contributed by atoms with E-state index in [1.165, 1.54) is 88.8 Å². The number of anilines is 1. The molecule has 2 heterocycles. The van der Waals surface area contributed by atoms with E-state index in [1.807, 2.05) is 0 Å². The number of phenolic OH excluding ortho intramolecular Hbond substituents is 2. The molecule has 3 aromatic rings. The van der Waals surface area contributed by atoms with E-state index < -0.39 is 11.6 Å². The van der Waals surface area contributed by atoms with Gasteiger partial charge in [-0.3, -0.25) is 4.79 Å². The number of esters is 1. The molecule has 2 aliphatic heterocycles. The van der Waals surface area contributed by atoms with E-state index in [2.05, 4.69) is 6.92 Å². The Morgan fingerprint density at radius 1 is 0.778 bits per heavy atom. The molecule has 0 aromatic heterocycles. The molecular weight excluding hydrogens is 566 g/mol. The summed E-state index contributed by atoms with van der Waals surface area (Å²) < 4.78 is 12.4. The van der Waals surface area contributed by atoms with Crippen LogP contribution in [0.3, 0.4) is 0 Å². The van der Waals surface area contributed by atoms with Crippen LogP contribution in [0, 0.1) is 0 Å². The van der Waals surface area contributed by atoms with Gasteiger partial charge < -0.3 is 25.4 Å². The van der Waals surface area contributed by atoms with Crippen LogP contribution in [-0.2, 0) is 10.3 Å². The van der Waals surface area contributed by atoms with Crippen molar-refractivity contribution >= 4 is 17.4 Å². The summed E-state index contributed by atoms with van der Waals surface area (Å²) in [6, 6.07) is 12.8. The third-order valence-corrected chi connectivity index (χ3v) is 9.25. The zero-order chi connectivity index (χ0) is 31.8. The molecule has 0 fully saturated rings. The summed E-state index contributed by atoms with van der Waals surface area (Å²) in [5.41, 5.74) is 6.85. The number of fused-ring (bicyclic) bond motifs is 6. The van der Waals surface area contributed by atoms with Gasteiger partial charge in [-0.1, -0.05) is 115 Å². The number of nitrogens with two attached hydrogens (primary N) is 1. The van der Waals surface area contributed by atoms with Crippen LogP contribution in [0.1, 0.15) is 147 Å². The highest BCUT2D eigenvalue weighted by Gasteiger charge is 2.55. The molecular formula is C38H47NO6. The lowest BCUT2D eigenvalue weighted by Gasteiger charge is -2.38. The minimum atomic E-state index is -1.49. The lowest BCUT2D eigenvalue weighted by atomic mass is 9.76. The number of hydrogen-bond acceptors (Lipinski definition) is 7. The number of aromatic hydroxyl groups is 2. The van der Waals surface area contributed by atoms with Crippen molar-refractivity contribution in [1.82, 2.24) is 0 Å². The Hall–Kier alpha value is -4.00. The van der Waals surface area contributed by atoms with Crippen molar-refractivity contribution < 1.29 is 29.3 Å². The molecule has 2 aliphatic rings. The molecule has 1 atom stereocenters. The molecule has 1 spiro atoms. The third kappa shape index (κ3) is 6.82. The molecule has 0 radical (unpaired) electrons. The van der Waals surface area contributed by atoms with Crippen LogP contribution in [0.4, 0.5) is 5.69 Å². The van der Waals surface area contributed by atoms with E-state index in [-0.39, 0.29) is 46.5 Å². The van der Waals surface area contributed by atoms with Crippen LogP contribution in [0.5, 0.6) is 23.0 Å². The van der Waals surface area contributed by atoms with Gasteiger partial charge in [0.2, 0.25) is 0 Å². The Balaban J connectivity index is 1.21. The molecule has 240 valence electrons. The third-order valence-electron chi connectivity index (χ3n) is 9.25. The average molecular weight is 614 g/mol. The van der Waals surface area contributed by atoms with Gasteiger partial charge in [-0.15, -0.1) is 0 Å². The number of hydrogen-bond donors (Lipinski definition) is 3. The first-order valence-corrected chi connectivity index (χ1v) is 16.9. The Morgan fingerprint density at radius 2 is 1.38 bits per heavy atom. The summed E-state index contributed by atoms with van der Waals surface area (Å²) in [6.07, 6.45) is 18.8. The number of carbonyl (C=O) groups is 2. The second-order valence-electron chi connectivity index (χ2n) is 12.6. The predicted octanol–water partition coefficient (Wildman–Crippen LogP) is 9.69. The molecule has 4 N–H and O–H groups in total. The Labute approximate surface area is 266 Å². The summed E-state index contributed by atoms with van der Waals surface area (Å²) >= 11 is 0. The van der Waals surface area contributed by atoms with Gasteiger partial charge in [-0.25, -0.2) is 4.79 Å². The van der Waals surface area contributed by atoms with E-state index in [0.29, 0.717) is 28.7 Å². The lowest BCUT2D eigenvalue weighted by Crippen LogP contribution is -2.34. The highest BCUT2D eigenvalue weighted by atomic mass is 16.6. The molecule has 0 bridgehead atoms. The number of carbonyl (C=O) groups excluding carboxylic acids is 2. The van der Waals surface area contributed by atoms with Crippen molar-refractivity contribution in [1.29, 1.82) is 0 Å². The molecule has 0 amide bonds. The molecule has 3 aromatic carbocycles. The van der Waals surface area contributed by atoms with Gasteiger partial charge in [0, 0.05) is 35.4 Å². The second kappa shape index (κ2) is 14.9. The number of nitrogen functional groups attached to an aromatic ring is 1. The predicted molar refractivity (Wildman–Crippen MR) is 176 cm³/mol. The molecule has 0 aliphatic carbocycles. The molecule has 0 saturated carbocycles. The minimum absolute atomic E-state index is 0.0465. The Bertz CT molecular complexity index is 1510. The summed E-state index contributed by atoms with van der Waals surface area (Å²) in [6.45, 7) is 2.26. The smallest absolute Gasteiger partial charge is 0.340 e. The molecule has 5 rings (SSSR count). The van der Waals surface area contributed by atoms with E-state index in [4.69, 9.17) is 15.2 Å². The van der Waals surface area contributed by atoms with Gasteiger partial charge in [0.25, 0.3) is 0 Å². The summed E-state index contributed by atoms with van der Waals surface area (Å²) in [5, 5.41) is 21.3. The number of unbranched alkanes of at least 4 members (excludes halogenated alkanes) is 14. The van der Waals surface area contributed by atoms with Gasteiger partial charge in [-0.2, -0.15) is 0 Å². The Morgan fingerprint density at radius 3 is 2.02 bits per heavy atom. The van der Waals surface area contributed by atoms with Gasteiger partial charge >= 0.3 is 5.97 Å². The minimum Gasteiger partial charge on any atom is -0.508 e. The maximum Gasteiger partial charge on any atom is 0.340 e. The quantitative estimate of drug-likeness (QED) is 0.0600. The van der Waals surface area contributed by atoms with Crippen LogP contribution < -0.4 is 10.5 Å². The zero-order valence-corrected chi connectivity index (χ0v) is 26.5. The zero-order valence-electron chi connectivity index (χ0n) is 26.5. The van der Waals surface area contributed by atoms with Crippen molar-refractivity contribution in [3.63, 3.8) is 0 Å². The van der Waals surface area contributed by atoms with Crippen LogP contribution in [0.25, 0.3) is 0 Å². The van der Waals surface area contributed by atoms with Crippen LogP contribution in [-0.4, -0.2) is 22.0 Å². The summed E-state index contributed by atoms with van der Waals surface area (Å²) in [5.74, 6) is -0.838. The maximum absolute atomic E-state index is 13.6. The first kappa shape index (κ1) is 32.4. The number of phenols is 2. The van der Waals surface area contributed by atoms with E-state index in [0.717, 1.165) is 19.3 Å². The molecule has 1 unspecified atom stereocenters. The summed E-state index contributed by atoms with van der Waals surface area (Å²) in [4.78, 5) is 26.7. The van der Waals surface area contributed by atoms with Gasteiger partial charge in [-0.05, 0) is 24.6 Å². The van der Waals surface area contributed by atoms with Crippen molar-refractivity contribution in [2.24, 2.45) is 0 Å². The van der Waals surface area contributed by atoms with Gasteiger partial charge in [0.05, 0.1) is 11.1 Å². The van der Waals surface area contributed by atoms with Crippen molar-refractivity contribution in [3.8, 4) is 23.0 Å². The monoisotopic (exact) mass is 613 g/mol. The first-order chi connectivity index (χ1) is 21.9. The lowest BCUT2D eigenvalue weighted by molar-refractivity contribution is 0.0226. The van der Waals surface area contributed by atoms with Gasteiger partial charge in [0.15, 0.2) is 11.4 Å². The fraction of sp³-hybridized carbons (Fsp3) is 0.474. The van der Waals surface area contributed by atoms with Crippen molar-refractivity contribution in [2.75, 3.05) is 5.73 Å². The highest BCUT2D eigenvalue weighted by molar-refractivity contribution is 6.03. The van der Waals surface area contributed by atoms with Crippen molar-refractivity contribution in [3.05, 3.63) is 76.3 Å². The van der Waals surface area contributed by atoms with Crippen molar-refractivity contribution in [2.45, 2.75) is 115 Å². The normalized spacial score (nSPS) is 16.2. The average Bonchev–Trinajstić information content (AvgIpc) is 3.30. The van der Waals surface area contributed by atoms with Crippen LogP contribution in [0.2, 0.25) is 0 Å². The number of benzene rings is 3. The number of Topliss-reactive ketones (excluding diaryl/α,β-unsaturated/α-hetero) is 1. The molecule has 7 heteroatoms. The van der Waals surface area contributed by atoms with Gasteiger partial charge in [0.1, 0.15) is 28.6 Å². The van der Waals surface area contributed by atoms with E-state index >= 15 is 0 Å². The highest BCUT2D eigenvalue weighted by Crippen LogP contribution is 2.59. The first-order valence-electron chi connectivity index (χ1n) is 16.9. The number of ether oxygens (including phenoxy) is 2. The number of rotatable bonds is 17. The van der Waals surface area contributed by atoms with E-state index in [9.17, 15) is 19.8 Å². The molecule has 45 heavy (non-hydrogen) atoms. The largest absolute Gasteiger partial charge is 0.508 e. The SMILES string of the molecule is CCCCCCCCCCCCCCCCCC(=O)c1c(O)ccc2c1Oc1cc(O)cc(N)c1C21OC(=O)c2ccccc21. The maximum atomic E-state index is 13.6. The standard InChI is InChI=1S/C38H47NO6/c1-2-3-4-5-6-7-8-9-10-11-12-13-14-15-16-21-31(41)34-32(42)23-22-29-36(34)44-33-25-26(40)24-30(39)35(33)38(29)28-20-18-17-19-27(28)37(43)45-38/h17-20,22-25,40,42H,2-16,21,39H2,1H3. The number of ketones is 1. The second-order valence-corrected chi connectivity index (χ2v) is 12.6. The van der Waals surface area contributed by atoms with E-state index in [1.54, 1.807) is 30.3 Å². The molecule has 7 nitrogen and oxygen atoms in total. The fourth-order valence-electron chi connectivity index (χ4n) is 6.93. The van der Waals surface area contributed by atoms with Crippen LogP contribution in [0.15, 0.2) is 48.5 Å². The fourth-order valence-corrected chi connectivity index (χ4v) is 6.93. The molecule has 0 saturated heterocycles. The summed E-state index contributed by atoms with van der Waals surface area (Å²) in [7, 11) is 0. The topological polar surface area (TPSA) is 119 Å². The van der Waals surface area contributed by atoms with Crippen LogP contribution >= 0.6 is 0 Å².